The number of hydrogen-bond acceptors (Lipinski definition) is 3. The second-order valence-electron chi connectivity index (χ2n) is 3.88. The molecule has 1 aromatic rings. The second kappa shape index (κ2) is 5.04. The van der Waals surface area contributed by atoms with Crippen LogP contribution in [0.25, 0.3) is 0 Å². The Morgan fingerprint density at radius 2 is 2.13 bits per heavy atom. The summed E-state index contributed by atoms with van der Waals surface area (Å²) in [4.78, 5) is 4.17. The third-order valence-corrected chi connectivity index (χ3v) is 3.86. The lowest BCUT2D eigenvalue weighted by Crippen LogP contribution is -2.21. The summed E-state index contributed by atoms with van der Waals surface area (Å²) in [5.74, 6) is 2.63. The van der Waals surface area contributed by atoms with E-state index in [4.69, 9.17) is 7.85 Å². The van der Waals surface area contributed by atoms with Crippen LogP contribution in [-0.2, 0) is 0 Å². The summed E-state index contributed by atoms with van der Waals surface area (Å²) in [7, 11) is 5.60. The van der Waals surface area contributed by atoms with E-state index in [9.17, 15) is 5.11 Å². The molecule has 1 N–H and O–H groups in total. The molecule has 2 nitrogen and oxygen atoms in total. The Hall–Kier alpha value is -0.475. The maximum Gasteiger partial charge on any atom is 0.141 e. The van der Waals surface area contributed by atoms with Gasteiger partial charge in [0.15, 0.2) is 0 Å². The lowest BCUT2D eigenvalue weighted by atomic mass is 9.92. The van der Waals surface area contributed by atoms with E-state index in [2.05, 4.69) is 4.98 Å². The average Bonchev–Trinajstić information content (AvgIpc) is 2.29. The van der Waals surface area contributed by atoms with Gasteiger partial charge in [-0.2, -0.15) is 11.8 Å². The lowest BCUT2D eigenvalue weighted by Gasteiger charge is -2.26. The fourth-order valence-corrected chi connectivity index (χ4v) is 3.05. The Balaban J connectivity index is 2.08. The maximum absolute atomic E-state index is 10.1. The van der Waals surface area contributed by atoms with Gasteiger partial charge in [-0.3, -0.25) is 4.98 Å². The molecule has 4 heteroatoms. The number of rotatable bonds is 2. The highest BCUT2D eigenvalue weighted by molar-refractivity contribution is 7.99. The highest BCUT2D eigenvalue weighted by atomic mass is 32.2. The van der Waals surface area contributed by atoms with Gasteiger partial charge in [-0.05, 0) is 41.9 Å². The van der Waals surface area contributed by atoms with Gasteiger partial charge in [0.25, 0.3) is 0 Å². The van der Waals surface area contributed by atoms with Crippen LogP contribution in [-0.4, -0.2) is 29.4 Å². The first-order chi connectivity index (χ1) is 7.27. The summed E-state index contributed by atoms with van der Waals surface area (Å²) < 4.78 is 0. The van der Waals surface area contributed by atoms with Crippen LogP contribution in [0.5, 0.6) is 0 Å². The summed E-state index contributed by atoms with van der Waals surface area (Å²) in [5.41, 5.74) is 1.20. The van der Waals surface area contributed by atoms with Crippen LogP contribution >= 0.6 is 11.8 Å². The maximum atomic E-state index is 10.1. The molecule has 0 saturated carbocycles. The summed E-state index contributed by atoms with van der Waals surface area (Å²) in [5, 5.41) is 10.1. The molecule has 2 heterocycles. The predicted octanol–water partition coefficient (Wildman–Crippen LogP) is 1.05. The highest BCUT2D eigenvalue weighted by Crippen LogP contribution is 2.32. The molecule has 2 rings (SSSR count). The van der Waals surface area contributed by atoms with Crippen molar-refractivity contribution in [2.24, 2.45) is 5.92 Å². The van der Waals surface area contributed by atoms with Crippen molar-refractivity contribution in [1.29, 1.82) is 0 Å². The second-order valence-corrected chi connectivity index (χ2v) is 5.11. The van der Waals surface area contributed by atoms with Crippen LogP contribution in [0.1, 0.15) is 24.6 Å². The molecule has 0 bridgehead atoms. The number of aliphatic hydroxyl groups is 1. The van der Waals surface area contributed by atoms with Gasteiger partial charge >= 0.3 is 0 Å². The van der Waals surface area contributed by atoms with Crippen molar-refractivity contribution in [2.45, 2.75) is 18.9 Å². The molecule has 1 atom stereocenters. The molecule has 0 spiro atoms. The Labute approximate surface area is 95.9 Å². The molecule has 0 aliphatic carbocycles. The van der Waals surface area contributed by atoms with E-state index in [1.165, 1.54) is 0 Å². The minimum atomic E-state index is -0.450. The number of pyridine rings is 1. The molecule has 0 amide bonds. The van der Waals surface area contributed by atoms with E-state index in [0.717, 1.165) is 24.3 Å². The summed E-state index contributed by atoms with van der Waals surface area (Å²) >= 11 is 1.96. The molecular weight excluding hydrogens is 205 g/mol. The van der Waals surface area contributed by atoms with Crippen molar-refractivity contribution >= 4 is 25.2 Å². The fraction of sp³-hybridized carbons (Fsp3) is 0.545. The number of aromatic nitrogens is 1. The molecule has 15 heavy (non-hydrogen) atoms. The van der Waals surface area contributed by atoms with Gasteiger partial charge in [-0.15, -0.1) is 0 Å². The first-order valence-corrected chi connectivity index (χ1v) is 6.41. The first-order valence-electron chi connectivity index (χ1n) is 5.25. The SMILES string of the molecule is [B]c1cccc(C(O)C2CCSCC2)n1. The predicted molar refractivity (Wildman–Crippen MR) is 64.6 cm³/mol. The Kier molecular flexibility index (Phi) is 3.70. The van der Waals surface area contributed by atoms with Crippen molar-refractivity contribution in [2.75, 3.05) is 11.5 Å². The van der Waals surface area contributed by atoms with E-state index in [0.29, 0.717) is 17.2 Å². The summed E-state index contributed by atoms with van der Waals surface area (Å²) in [6.07, 6.45) is 1.69. The average molecular weight is 219 g/mol. The third kappa shape index (κ3) is 2.76. The quantitative estimate of drug-likeness (QED) is 0.755. The zero-order valence-corrected chi connectivity index (χ0v) is 9.41. The number of nitrogens with zero attached hydrogens (tertiary/aromatic N) is 1. The minimum absolute atomic E-state index is 0.348. The van der Waals surface area contributed by atoms with Crippen molar-refractivity contribution in [3.05, 3.63) is 23.9 Å². The minimum Gasteiger partial charge on any atom is -0.387 e. The fourth-order valence-electron chi connectivity index (χ4n) is 1.91. The molecule has 1 fully saturated rings. The largest absolute Gasteiger partial charge is 0.387 e. The van der Waals surface area contributed by atoms with E-state index in [-0.39, 0.29) is 0 Å². The molecule has 78 valence electrons. The topological polar surface area (TPSA) is 33.1 Å². The van der Waals surface area contributed by atoms with Gasteiger partial charge in [0, 0.05) is 0 Å². The van der Waals surface area contributed by atoms with Crippen LogP contribution in [0.4, 0.5) is 0 Å². The molecule has 2 radical (unpaired) electrons. The van der Waals surface area contributed by atoms with Crippen LogP contribution < -0.4 is 5.59 Å². The van der Waals surface area contributed by atoms with E-state index in [1.807, 2.05) is 23.9 Å². The van der Waals surface area contributed by atoms with Gasteiger partial charge in [0.1, 0.15) is 7.85 Å². The van der Waals surface area contributed by atoms with Gasteiger partial charge in [0.05, 0.1) is 11.8 Å². The lowest BCUT2D eigenvalue weighted by molar-refractivity contribution is 0.0991. The Bertz CT molecular complexity index is 328. The first kappa shape index (κ1) is 11.0. The van der Waals surface area contributed by atoms with Gasteiger partial charge in [-0.25, -0.2) is 0 Å². The molecule has 1 unspecified atom stereocenters. The highest BCUT2D eigenvalue weighted by Gasteiger charge is 2.23. The van der Waals surface area contributed by atoms with E-state index in [1.54, 1.807) is 6.07 Å². The van der Waals surface area contributed by atoms with Crippen molar-refractivity contribution < 1.29 is 5.11 Å². The number of hydrogen-bond donors (Lipinski definition) is 1. The van der Waals surface area contributed by atoms with Crippen molar-refractivity contribution in [3.63, 3.8) is 0 Å². The zero-order chi connectivity index (χ0) is 10.7. The van der Waals surface area contributed by atoms with Gasteiger partial charge < -0.3 is 5.11 Å². The third-order valence-electron chi connectivity index (χ3n) is 2.81. The zero-order valence-electron chi connectivity index (χ0n) is 8.60. The van der Waals surface area contributed by atoms with E-state index >= 15 is 0 Å². The monoisotopic (exact) mass is 219 g/mol. The normalized spacial score (nSPS) is 20.1. The summed E-state index contributed by atoms with van der Waals surface area (Å²) in [6, 6.07) is 5.44. The molecule has 0 aromatic carbocycles. The number of aliphatic hydroxyl groups excluding tert-OH is 1. The molecule has 1 aromatic heterocycles. The van der Waals surface area contributed by atoms with Crippen molar-refractivity contribution in [1.82, 2.24) is 4.98 Å². The van der Waals surface area contributed by atoms with E-state index < -0.39 is 6.10 Å². The molecule has 1 aliphatic heterocycles. The molecule has 1 saturated heterocycles. The number of thioether (sulfide) groups is 1. The summed E-state index contributed by atoms with van der Waals surface area (Å²) in [6.45, 7) is 0. The van der Waals surface area contributed by atoms with Gasteiger partial charge in [0.2, 0.25) is 0 Å². The molecular formula is C11H14BNOS. The van der Waals surface area contributed by atoms with Gasteiger partial charge in [-0.1, -0.05) is 12.1 Å². The van der Waals surface area contributed by atoms with Crippen molar-refractivity contribution in [3.8, 4) is 0 Å². The smallest absolute Gasteiger partial charge is 0.141 e. The Morgan fingerprint density at radius 1 is 1.40 bits per heavy atom. The molecule has 1 aliphatic rings. The van der Waals surface area contributed by atoms with Crippen LogP contribution in [0, 0.1) is 5.92 Å². The standard InChI is InChI=1S/C11H14BNOS/c12-10-3-1-2-9(13-10)11(14)8-4-6-15-7-5-8/h1-3,8,11,14H,4-7H2. The van der Waals surface area contributed by atoms with Crippen LogP contribution in [0.2, 0.25) is 0 Å². The van der Waals surface area contributed by atoms with Crippen LogP contribution in [0.3, 0.4) is 0 Å². The Morgan fingerprint density at radius 3 is 2.80 bits per heavy atom. The van der Waals surface area contributed by atoms with Crippen LogP contribution in [0.15, 0.2) is 18.2 Å².